The number of benzene rings is 1. The van der Waals surface area contributed by atoms with E-state index < -0.39 is 18.7 Å². The molecule has 0 radical (unpaired) electrons. The number of pyridine rings is 2. The number of fused-ring (bicyclic) bond motifs is 1. The van der Waals surface area contributed by atoms with Crippen LogP contribution >= 0.6 is 11.3 Å². The molecule has 0 fully saturated rings. The van der Waals surface area contributed by atoms with Crippen LogP contribution < -0.4 is 10.2 Å². The van der Waals surface area contributed by atoms with E-state index in [1.807, 2.05) is 49.3 Å². The predicted molar refractivity (Wildman–Crippen MR) is 125 cm³/mol. The first-order valence-electron chi connectivity index (χ1n) is 10.1. The number of hydrogen-bond donors (Lipinski definition) is 2. The van der Waals surface area contributed by atoms with E-state index in [-0.39, 0.29) is 0 Å². The summed E-state index contributed by atoms with van der Waals surface area (Å²) in [5.74, 6) is 0.226. The molecule has 0 saturated heterocycles. The van der Waals surface area contributed by atoms with E-state index in [0.717, 1.165) is 27.3 Å². The largest absolute Gasteiger partial charge is 0.390 e. The minimum atomic E-state index is -0.957. The molecular weight excluding hydrogens is 432 g/mol. The number of aliphatic hydroxyl groups is 1. The summed E-state index contributed by atoms with van der Waals surface area (Å²) in [4.78, 5) is 14.9. The van der Waals surface area contributed by atoms with E-state index in [1.165, 1.54) is 11.3 Å². The van der Waals surface area contributed by atoms with Gasteiger partial charge in [-0.2, -0.15) is 4.39 Å². The number of nitrogens with zero attached hydrogens (tertiary/aromatic N) is 4. The summed E-state index contributed by atoms with van der Waals surface area (Å²) in [6, 6.07) is 12.8. The van der Waals surface area contributed by atoms with Gasteiger partial charge in [0.2, 0.25) is 5.95 Å². The molecule has 2 N–H and O–H groups in total. The van der Waals surface area contributed by atoms with Gasteiger partial charge in [0.15, 0.2) is 0 Å². The number of nitrogens with one attached hydrogen (secondary N) is 1. The first kappa shape index (κ1) is 22.0. The molecule has 0 unspecified atom stereocenters. The Morgan fingerprint density at radius 1 is 1.12 bits per heavy atom. The number of alkyl halides is 1. The number of hydrogen-bond acceptors (Lipinski definition) is 7. The minimum absolute atomic E-state index is 0.319. The standard InChI is InChI=1S/C23H23F2N5OS/c1-30(2)21-8-3-14(13-27-21)18-7-5-17(22(25)28-18)23-29-19-6-4-15(11-20(19)32-23)26-10-9-16(31)12-24/h3-8,11,13,16,26,31H,9-10,12H2,1-2H3/t16-/m0/s1. The third-order valence-corrected chi connectivity index (χ3v) is 6.01. The Hall–Kier alpha value is -3.17. The average molecular weight is 456 g/mol. The minimum Gasteiger partial charge on any atom is -0.390 e. The molecule has 166 valence electrons. The monoisotopic (exact) mass is 455 g/mol. The van der Waals surface area contributed by atoms with Gasteiger partial charge >= 0.3 is 0 Å². The van der Waals surface area contributed by atoms with Crippen LogP contribution in [-0.2, 0) is 0 Å². The zero-order valence-corrected chi connectivity index (χ0v) is 18.5. The Bertz CT molecular complexity index is 1210. The number of aromatic nitrogens is 3. The van der Waals surface area contributed by atoms with Crippen LogP contribution in [0.1, 0.15) is 6.42 Å². The summed E-state index contributed by atoms with van der Waals surface area (Å²) in [5.41, 5.74) is 3.17. The molecule has 4 rings (SSSR count). The van der Waals surface area contributed by atoms with Crippen molar-refractivity contribution in [3.05, 3.63) is 54.6 Å². The molecule has 32 heavy (non-hydrogen) atoms. The normalized spacial score (nSPS) is 12.2. The zero-order chi connectivity index (χ0) is 22.7. The second-order valence-corrected chi connectivity index (χ2v) is 8.59. The summed E-state index contributed by atoms with van der Waals surface area (Å²) in [5, 5.41) is 13.0. The molecule has 0 amide bonds. The molecule has 0 spiro atoms. The van der Waals surface area contributed by atoms with Crippen LogP contribution in [0.25, 0.3) is 32.0 Å². The Balaban J connectivity index is 1.54. The van der Waals surface area contributed by atoms with Crippen LogP contribution in [-0.4, -0.2) is 53.5 Å². The lowest BCUT2D eigenvalue weighted by Crippen LogP contribution is -2.14. The van der Waals surface area contributed by atoms with Gasteiger partial charge in [-0.25, -0.2) is 19.3 Å². The number of aliphatic hydroxyl groups excluding tert-OH is 1. The maximum Gasteiger partial charge on any atom is 0.223 e. The third kappa shape index (κ3) is 4.84. The lowest BCUT2D eigenvalue weighted by Gasteiger charge is -2.11. The molecule has 1 atom stereocenters. The quantitative estimate of drug-likeness (QED) is 0.373. The van der Waals surface area contributed by atoms with Crippen molar-refractivity contribution in [2.75, 3.05) is 37.5 Å². The molecule has 0 aliphatic carbocycles. The van der Waals surface area contributed by atoms with Crippen molar-refractivity contribution >= 4 is 33.1 Å². The maximum absolute atomic E-state index is 14.9. The van der Waals surface area contributed by atoms with Crippen LogP contribution in [0.5, 0.6) is 0 Å². The van der Waals surface area contributed by atoms with Crippen LogP contribution in [0.4, 0.5) is 20.3 Å². The Morgan fingerprint density at radius 3 is 2.66 bits per heavy atom. The number of thiazole rings is 1. The average Bonchev–Trinajstić information content (AvgIpc) is 3.22. The Labute approximate surface area is 188 Å². The van der Waals surface area contributed by atoms with Crippen LogP contribution in [0.2, 0.25) is 0 Å². The summed E-state index contributed by atoms with van der Waals surface area (Å²) in [6.45, 7) is -0.304. The fourth-order valence-electron chi connectivity index (χ4n) is 3.17. The molecule has 1 aromatic carbocycles. The molecule has 0 bridgehead atoms. The van der Waals surface area contributed by atoms with Crippen molar-refractivity contribution in [1.82, 2.24) is 15.0 Å². The van der Waals surface area contributed by atoms with Crippen LogP contribution in [0.15, 0.2) is 48.7 Å². The topological polar surface area (TPSA) is 74.2 Å². The molecule has 4 aromatic rings. The maximum atomic E-state index is 14.9. The van der Waals surface area contributed by atoms with Crippen molar-refractivity contribution in [2.24, 2.45) is 0 Å². The van der Waals surface area contributed by atoms with E-state index in [4.69, 9.17) is 0 Å². The van der Waals surface area contributed by atoms with Gasteiger partial charge < -0.3 is 15.3 Å². The molecule has 3 heterocycles. The van der Waals surface area contributed by atoms with Gasteiger partial charge in [-0.1, -0.05) is 0 Å². The van der Waals surface area contributed by atoms with E-state index in [9.17, 15) is 13.9 Å². The molecule has 0 aliphatic rings. The first-order valence-corrected chi connectivity index (χ1v) is 11.0. The van der Waals surface area contributed by atoms with Crippen LogP contribution in [0.3, 0.4) is 0 Å². The first-order chi connectivity index (χ1) is 15.4. The summed E-state index contributed by atoms with van der Waals surface area (Å²) in [6.07, 6.45) is 1.04. The highest BCUT2D eigenvalue weighted by atomic mass is 32.1. The van der Waals surface area contributed by atoms with Gasteiger partial charge in [-0.15, -0.1) is 11.3 Å². The van der Waals surface area contributed by atoms with Gasteiger partial charge in [0.05, 0.1) is 27.6 Å². The Morgan fingerprint density at radius 2 is 1.97 bits per heavy atom. The summed E-state index contributed by atoms with van der Waals surface area (Å²) in [7, 11) is 3.81. The van der Waals surface area contributed by atoms with Crippen molar-refractivity contribution in [2.45, 2.75) is 12.5 Å². The fourth-order valence-corrected chi connectivity index (χ4v) is 4.19. The van der Waals surface area contributed by atoms with Crippen molar-refractivity contribution in [3.63, 3.8) is 0 Å². The lowest BCUT2D eigenvalue weighted by atomic mass is 10.1. The number of rotatable bonds is 8. The van der Waals surface area contributed by atoms with E-state index in [1.54, 1.807) is 18.3 Å². The molecular formula is C23H23F2N5OS. The highest BCUT2D eigenvalue weighted by molar-refractivity contribution is 7.21. The van der Waals surface area contributed by atoms with E-state index >= 15 is 0 Å². The third-order valence-electron chi connectivity index (χ3n) is 4.95. The smallest absolute Gasteiger partial charge is 0.223 e. The highest BCUT2D eigenvalue weighted by Gasteiger charge is 2.14. The fraction of sp³-hybridized carbons (Fsp3) is 0.261. The van der Waals surface area contributed by atoms with Gasteiger partial charge in [0.25, 0.3) is 0 Å². The number of halogens is 2. The molecule has 0 aliphatic heterocycles. The van der Waals surface area contributed by atoms with Gasteiger partial charge in [-0.05, 0) is 48.9 Å². The lowest BCUT2D eigenvalue weighted by molar-refractivity contribution is 0.134. The highest BCUT2D eigenvalue weighted by Crippen LogP contribution is 2.33. The zero-order valence-electron chi connectivity index (χ0n) is 17.7. The Kier molecular flexibility index (Phi) is 6.57. The van der Waals surface area contributed by atoms with Crippen molar-refractivity contribution < 1.29 is 13.9 Å². The van der Waals surface area contributed by atoms with Crippen LogP contribution in [0, 0.1) is 5.95 Å². The van der Waals surface area contributed by atoms with Gasteiger partial charge in [-0.3, -0.25) is 0 Å². The van der Waals surface area contributed by atoms with Gasteiger partial charge in [0, 0.05) is 38.1 Å². The van der Waals surface area contributed by atoms with E-state index in [0.29, 0.717) is 29.2 Å². The number of anilines is 2. The summed E-state index contributed by atoms with van der Waals surface area (Å²) < 4.78 is 28.1. The molecule has 0 saturated carbocycles. The van der Waals surface area contributed by atoms with Crippen molar-refractivity contribution in [3.8, 4) is 21.8 Å². The summed E-state index contributed by atoms with van der Waals surface area (Å²) >= 11 is 1.37. The second-order valence-electron chi connectivity index (χ2n) is 7.56. The van der Waals surface area contributed by atoms with E-state index in [2.05, 4.69) is 20.3 Å². The van der Waals surface area contributed by atoms with Crippen molar-refractivity contribution in [1.29, 1.82) is 0 Å². The van der Waals surface area contributed by atoms with Gasteiger partial charge in [0.1, 0.15) is 17.5 Å². The molecule has 9 heteroatoms. The molecule has 6 nitrogen and oxygen atoms in total. The SMILES string of the molecule is CN(C)c1ccc(-c2ccc(-c3nc4ccc(NCC[C@H](O)CF)cc4s3)c(F)n2)cn1. The second kappa shape index (κ2) is 9.54. The molecule has 3 aromatic heterocycles. The predicted octanol–water partition coefficient (Wildman–Crippen LogP) is 4.76.